The van der Waals surface area contributed by atoms with Crippen LogP contribution in [0.15, 0.2) is 41.3 Å². The lowest BCUT2D eigenvalue weighted by atomic mass is 9.93. The molecule has 1 aliphatic heterocycles. The molecular weight excluding hydrogens is 350 g/mol. The number of hydrogen-bond donors (Lipinski definition) is 1. The Bertz CT molecular complexity index is 966. The van der Waals surface area contributed by atoms with Gasteiger partial charge in [0, 0.05) is 6.54 Å². The average molecular weight is 373 g/mol. The highest BCUT2D eigenvalue weighted by molar-refractivity contribution is 7.92. The number of phenolic OH excluding ortho intramolecular Hbond substituents is 1. The van der Waals surface area contributed by atoms with E-state index in [-0.39, 0.29) is 27.9 Å². The lowest BCUT2D eigenvalue weighted by Gasteiger charge is -2.34. The molecule has 6 heteroatoms. The summed E-state index contributed by atoms with van der Waals surface area (Å²) >= 11 is 0. The molecule has 1 atom stereocenters. The molecule has 0 saturated heterocycles. The van der Waals surface area contributed by atoms with Crippen molar-refractivity contribution in [1.29, 1.82) is 0 Å². The molecule has 1 heterocycles. The monoisotopic (exact) mass is 373 g/mol. The number of aromatic hydroxyl groups is 1. The van der Waals surface area contributed by atoms with Gasteiger partial charge in [-0.05, 0) is 61.1 Å². The van der Waals surface area contributed by atoms with Gasteiger partial charge in [0.15, 0.2) is 5.78 Å². The van der Waals surface area contributed by atoms with Crippen LogP contribution in [0.2, 0.25) is 0 Å². The second-order valence-corrected chi connectivity index (χ2v) is 8.76. The highest BCUT2D eigenvalue weighted by atomic mass is 32.2. The third-order valence-corrected chi connectivity index (χ3v) is 6.58. The quantitative estimate of drug-likeness (QED) is 0.832. The van der Waals surface area contributed by atoms with Gasteiger partial charge in [0.2, 0.25) is 0 Å². The fraction of sp³-hybridized carbons (Fsp3) is 0.350. The normalized spacial score (nSPS) is 17.0. The first-order valence-electron chi connectivity index (χ1n) is 8.72. The molecule has 0 radical (unpaired) electrons. The van der Waals surface area contributed by atoms with Gasteiger partial charge in [-0.15, -0.1) is 0 Å². The topological polar surface area (TPSA) is 74.7 Å². The van der Waals surface area contributed by atoms with Crippen molar-refractivity contribution in [2.45, 2.75) is 38.5 Å². The van der Waals surface area contributed by atoms with Crippen molar-refractivity contribution < 1.29 is 18.3 Å². The molecule has 2 aromatic rings. The number of carbonyl (C=O) groups excluding carboxylic acids is 1. The average Bonchev–Trinajstić information content (AvgIpc) is 2.60. The molecule has 0 bridgehead atoms. The Balaban J connectivity index is 2.11. The maximum Gasteiger partial charge on any atom is 0.264 e. The Morgan fingerprint density at radius 3 is 2.62 bits per heavy atom. The smallest absolute Gasteiger partial charge is 0.264 e. The fourth-order valence-electron chi connectivity index (χ4n) is 3.40. The number of phenols is 1. The van der Waals surface area contributed by atoms with Gasteiger partial charge in [-0.3, -0.25) is 9.10 Å². The summed E-state index contributed by atoms with van der Waals surface area (Å²) in [5.41, 5.74) is 2.91. The molecule has 1 N–H and O–H groups in total. The van der Waals surface area contributed by atoms with Crippen molar-refractivity contribution in [3.8, 4) is 5.75 Å². The van der Waals surface area contributed by atoms with Gasteiger partial charge in [0.05, 0.1) is 16.1 Å². The summed E-state index contributed by atoms with van der Waals surface area (Å²) in [7, 11) is -3.83. The van der Waals surface area contributed by atoms with Crippen molar-refractivity contribution >= 4 is 21.5 Å². The molecular formula is C20H23NO4S. The van der Waals surface area contributed by atoms with E-state index in [1.165, 1.54) is 35.0 Å². The second-order valence-electron chi connectivity index (χ2n) is 6.90. The predicted molar refractivity (Wildman–Crippen MR) is 101 cm³/mol. The van der Waals surface area contributed by atoms with Gasteiger partial charge in [0.25, 0.3) is 10.0 Å². The van der Waals surface area contributed by atoms with Crippen LogP contribution in [0.5, 0.6) is 5.75 Å². The Labute approximate surface area is 154 Å². The van der Waals surface area contributed by atoms with E-state index in [1.807, 2.05) is 19.1 Å². The number of carbonyl (C=O) groups is 1. The zero-order valence-corrected chi connectivity index (χ0v) is 16.0. The molecule has 5 nitrogen and oxygen atoms in total. The molecule has 0 fully saturated rings. The van der Waals surface area contributed by atoms with Gasteiger partial charge in [-0.2, -0.15) is 0 Å². The number of hydrogen-bond acceptors (Lipinski definition) is 4. The molecule has 1 aliphatic rings. The summed E-state index contributed by atoms with van der Waals surface area (Å²) in [5.74, 6) is -0.398. The number of benzene rings is 2. The SMILES string of the molecule is CCc1ccc2c(c1)CC(C)CN2S(=O)(=O)c1ccc(O)c(C(C)=O)c1. The third kappa shape index (κ3) is 3.21. The molecule has 0 aliphatic carbocycles. The van der Waals surface area contributed by atoms with E-state index >= 15 is 0 Å². The first-order valence-corrected chi connectivity index (χ1v) is 10.2. The number of rotatable bonds is 4. The summed E-state index contributed by atoms with van der Waals surface area (Å²) in [6, 6.07) is 9.76. The van der Waals surface area contributed by atoms with E-state index in [4.69, 9.17) is 0 Å². The van der Waals surface area contributed by atoms with Crippen LogP contribution in [0.3, 0.4) is 0 Å². The molecule has 138 valence electrons. The van der Waals surface area contributed by atoms with E-state index in [9.17, 15) is 18.3 Å². The predicted octanol–water partition coefficient (Wildman–Crippen LogP) is 3.54. The van der Waals surface area contributed by atoms with Crippen molar-refractivity contribution in [2.75, 3.05) is 10.8 Å². The van der Waals surface area contributed by atoms with Crippen LogP contribution in [0.1, 0.15) is 42.3 Å². The first-order chi connectivity index (χ1) is 12.2. The van der Waals surface area contributed by atoms with Gasteiger partial charge >= 0.3 is 0 Å². The van der Waals surface area contributed by atoms with Crippen LogP contribution in [0.25, 0.3) is 0 Å². The minimum Gasteiger partial charge on any atom is -0.507 e. The number of aryl methyl sites for hydroxylation is 1. The van der Waals surface area contributed by atoms with Gasteiger partial charge < -0.3 is 5.11 Å². The fourth-order valence-corrected chi connectivity index (χ4v) is 5.05. The minimum absolute atomic E-state index is 0.0117. The lowest BCUT2D eigenvalue weighted by Crippen LogP contribution is -2.39. The van der Waals surface area contributed by atoms with Gasteiger partial charge in [0.1, 0.15) is 5.75 Å². The van der Waals surface area contributed by atoms with Crippen LogP contribution in [0.4, 0.5) is 5.69 Å². The standard InChI is InChI=1S/C20H23NO4S/c1-4-15-5-7-19-16(10-15)9-13(2)12-21(19)26(24,25)17-6-8-20(23)18(11-17)14(3)22/h5-8,10-11,13,23H,4,9,12H2,1-3H3. The lowest BCUT2D eigenvalue weighted by molar-refractivity contribution is 0.101. The largest absolute Gasteiger partial charge is 0.507 e. The number of Topliss-reactive ketones (excluding diaryl/α,β-unsaturated/α-hetero) is 1. The zero-order chi connectivity index (χ0) is 19.1. The Kier molecular flexibility index (Phi) is 4.80. The van der Waals surface area contributed by atoms with Crippen molar-refractivity contribution in [1.82, 2.24) is 0 Å². The van der Waals surface area contributed by atoms with Crippen LogP contribution in [-0.4, -0.2) is 25.9 Å². The molecule has 26 heavy (non-hydrogen) atoms. The van der Waals surface area contributed by atoms with Crippen LogP contribution in [0, 0.1) is 5.92 Å². The Morgan fingerprint density at radius 1 is 1.23 bits per heavy atom. The molecule has 1 unspecified atom stereocenters. The van der Waals surface area contributed by atoms with Crippen LogP contribution >= 0.6 is 0 Å². The van der Waals surface area contributed by atoms with Gasteiger partial charge in [-0.1, -0.05) is 26.0 Å². The molecule has 2 aromatic carbocycles. The molecule has 0 amide bonds. The molecule has 0 aromatic heterocycles. The van der Waals surface area contributed by atoms with E-state index in [1.54, 1.807) is 0 Å². The summed E-state index contributed by atoms with van der Waals surface area (Å²) < 4.78 is 28.0. The number of anilines is 1. The highest BCUT2D eigenvalue weighted by Crippen LogP contribution is 2.35. The number of nitrogens with zero attached hydrogens (tertiary/aromatic N) is 1. The zero-order valence-electron chi connectivity index (χ0n) is 15.2. The van der Waals surface area contributed by atoms with Crippen LogP contribution in [-0.2, 0) is 22.9 Å². The molecule has 0 saturated carbocycles. The molecule has 0 spiro atoms. The first kappa shape index (κ1) is 18.5. The Morgan fingerprint density at radius 2 is 1.96 bits per heavy atom. The third-order valence-electron chi connectivity index (χ3n) is 4.80. The highest BCUT2D eigenvalue weighted by Gasteiger charge is 2.32. The van der Waals surface area contributed by atoms with Crippen LogP contribution < -0.4 is 4.31 Å². The number of sulfonamides is 1. The summed E-state index contributed by atoms with van der Waals surface area (Å²) in [5, 5.41) is 9.81. The summed E-state index contributed by atoms with van der Waals surface area (Å²) in [6.45, 7) is 5.79. The molecule has 3 rings (SSSR count). The summed E-state index contributed by atoms with van der Waals surface area (Å²) in [6.07, 6.45) is 1.73. The summed E-state index contributed by atoms with van der Waals surface area (Å²) in [4.78, 5) is 11.7. The second kappa shape index (κ2) is 6.76. The van der Waals surface area contributed by atoms with Gasteiger partial charge in [-0.25, -0.2) is 8.42 Å². The van der Waals surface area contributed by atoms with Crippen molar-refractivity contribution in [3.63, 3.8) is 0 Å². The Hall–Kier alpha value is -2.34. The number of ketones is 1. The van der Waals surface area contributed by atoms with E-state index in [2.05, 4.69) is 13.0 Å². The maximum atomic E-state index is 13.3. The minimum atomic E-state index is -3.83. The van der Waals surface area contributed by atoms with E-state index in [0.29, 0.717) is 12.2 Å². The van der Waals surface area contributed by atoms with Crippen molar-refractivity contribution in [2.24, 2.45) is 5.92 Å². The maximum absolute atomic E-state index is 13.3. The van der Waals surface area contributed by atoms with E-state index in [0.717, 1.165) is 18.4 Å². The van der Waals surface area contributed by atoms with Crippen molar-refractivity contribution in [3.05, 3.63) is 53.1 Å². The van der Waals surface area contributed by atoms with E-state index < -0.39 is 10.0 Å². The number of fused-ring (bicyclic) bond motifs is 1.